The molecule has 5 heteroatoms. The van der Waals surface area contributed by atoms with Crippen molar-refractivity contribution in [1.29, 1.82) is 0 Å². The highest BCUT2D eigenvalue weighted by Gasteiger charge is 2.54. The molecule has 4 fully saturated rings. The van der Waals surface area contributed by atoms with E-state index < -0.39 is 5.60 Å². The van der Waals surface area contributed by atoms with Crippen LogP contribution < -0.4 is 0 Å². The van der Waals surface area contributed by atoms with Crippen molar-refractivity contribution in [3.05, 3.63) is 35.8 Å². The van der Waals surface area contributed by atoms with Gasteiger partial charge >= 0.3 is 0 Å². The summed E-state index contributed by atoms with van der Waals surface area (Å²) in [6.07, 6.45) is 7.35. The Balaban J connectivity index is 1.35. The lowest BCUT2D eigenvalue weighted by Gasteiger charge is -2.59. The zero-order valence-electron chi connectivity index (χ0n) is 15.1. The molecule has 138 valence electrons. The standard InChI is InChI=1S/C21H25FN2O2/c1-23-12-14(20-17(22)3-2-4-18(20)23)5-6-19(25)24-15-7-13-8-16(24)11-21(26,9-13)10-15/h2-4,12-13,15-16,26H,5-11H2,1H3. The Morgan fingerprint density at radius 2 is 2.00 bits per heavy atom. The molecular formula is C21H25FN2O2. The smallest absolute Gasteiger partial charge is 0.223 e. The van der Waals surface area contributed by atoms with Crippen LogP contribution in [0.3, 0.4) is 0 Å². The second-order valence-electron chi connectivity index (χ2n) is 8.68. The van der Waals surface area contributed by atoms with Crippen molar-refractivity contribution in [3.8, 4) is 0 Å². The van der Waals surface area contributed by atoms with Gasteiger partial charge in [0, 0.05) is 37.1 Å². The zero-order chi connectivity index (χ0) is 18.1. The molecule has 6 rings (SSSR count). The molecule has 2 unspecified atom stereocenters. The van der Waals surface area contributed by atoms with Crippen molar-refractivity contribution in [2.24, 2.45) is 13.0 Å². The number of hydrogen-bond donors (Lipinski definition) is 1. The molecule has 4 nitrogen and oxygen atoms in total. The van der Waals surface area contributed by atoms with E-state index in [2.05, 4.69) is 4.90 Å². The van der Waals surface area contributed by atoms with E-state index in [0.717, 1.165) is 43.2 Å². The summed E-state index contributed by atoms with van der Waals surface area (Å²) in [5.41, 5.74) is 1.23. The summed E-state index contributed by atoms with van der Waals surface area (Å²) in [5, 5.41) is 11.3. The minimum atomic E-state index is -0.536. The maximum absolute atomic E-state index is 14.3. The van der Waals surface area contributed by atoms with Crippen LogP contribution in [0.25, 0.3) is 10.9 Å². The van der Waals surface area contributed by atoms with Crippen LogP contribution >= 0.6 is 0 Å². The molecule has 26 heavy (non-hydrogen) atoms. The average molecular weight is 356 g/mol. The van der Waals surface area contributed by atoms with E-state index in [1.165, 1.54) is 6.07 Å². The molecule has 3 heterocycles. The number of benzene rings is 1. The van der Waals surface area contributed by atoms with Crippen LogP contribution in [-0.4, -0.2) is 38.2 Å². The predicted octanol–water partition coefficient (Wildman–Crippen LogP) is 3.15. The zero-order valence-corrected chi connectivity index (χ0v) is 15.1. The van der Waals surface area contributed by atoms with Gasteiger partial charge in [0.25, 0.3) is 0 Å². The SMILES string of the molecule is Cn1cc(CCC(=O)N2C3CC4CC2CC(O)(C4)C3)c2c(F)cccc21. The van der Waals surface area contributed by atoms with Crippen LogP contribution in [0.15, 0.2) is 24.4 Å². The molecular weight excluding hydrogens is 331 g/mol. The molecule has 0 radical (unpaired) electrons. The van der Waals surface area contributed by atoms with Gasteiger partial charge in [0.2, 0.25) is 5.91 Å². The molecule has 4 bridgehead atoms. The molecule has 1 amide bonds. The van der Waals surface area contributed by atoms with E-state index in [1.807, 2.05) is 23.9 Å². The third-order valence-electron chi connectivity index (χ3n) is 6.84. The summed E-state index contributed by atoms with van der Waals surface area (Å²) >= 11 is 0. The normalized spacial score (nSPS) is 32.6. The number of amides is 1. The second kappa shape index (κ2) is 5.56. The van der Waals surface area contributed by atoms with E-state index in [1.54, 1.807) is 6.07 Å². The van der Waals surface area contributed by atoms with Gasteiger partial charge in [0.05, 0.1) is 11.1 Å². The fourth-order valence-electron chi connectivity index (χ4n) is 6.05. The number of halogens is 1. The molecule has 2 saturated heterocycles. The number of aliphatic hydroxyl groups is 1. The van der Waals surface area contributed by atoms with Crippen molar-refractivity contribution in [2.45, 2.75) is 62.6 Å². The minimum absolute atomic E-state index is 0.163. The maximum atomic E-state index is 14.3. The van der Waals surface area contributed by atoms with E-state index in [9.17, 15) is 14.3 Å². The Bertz CT molecular complexity index is 874. The van der Waals surface area contributed by atoms with Gasteiger partial charge in [-0.2, -0.15) is 0 Å². The van der Waals surface area contributed by atoms with Gasteiger partial charge in [-0.25, -0.2) is 4.39 Å². The number of carbonyl (C=O) groups is 1. The predicted molar refractivity (Wildman–Crippen MR) is 97.1 cm³/mol. The van der Waals surface area contributed by atoms with Crippen LogP contribution in [0.2, 0.25) is 0 Å². The maximum Gasteiger partial charge on any atom is 0.223 e. The van der Waals surface area contributed by atoms with Crippen molar-refractivity contribution < 1.29 is 14.3 Å². The minimum Gasteiger partial charge on any atom is -0.390 e. The van der Waals surface area contributed by atoms with Crippen molar-refractivity contribution >= 4 is 16.8 Å². The highest BCUT2D eigenvalue weighted by molar-refractivity contribution is 5.85. The summed E-state index contributed by atoms with van der Waals surface area (Å²) in [6.45, 7) is 0. The monoisotopic (exact) mass is 356 g/mol. The van der Waals surface area contributed by atoms with Crippen LogP contribution in [0.4, 0.5) is 4.39 Å². The number of rotatable bonds is 3. The third-order valence-corrected chi connectivity index (χ3v) is 6.84. The van der Waals surface area contributed by atoms with Gasteiger partial charge in [-0.15, -0.1) is 0 Å². The molecule has 1 aromatic carbocycles. The van der Waals surface area contributed by atoms with Gasteiger partial charge in [-0.1, -0.05) is 6.07 Å². The van der Waals surface area contributed by atoms with Crippen LogP contribution in [0.1, 0.15) is 44.1 Å². The molecule has 2 atom stereocenters. The van der Waals surface area contributed by atoms with Crippen molar-refractivity contribution in [2.75, 3.05) is 0 Å². The Hall–Kier alpha value is -1.88. The first-order chi connectivity index (χ1) is 12.4. The molecule has 4 aliphatic rings. The molecule has 0 spiro atoms. The van der Waals surface area contributed by atoms with Crippen LogP contribution in [-0.2, 0) is 18.3 Å². The van der Waals surface area contributed by atoms with Crippen molar-refractivity contribution in [1.82, 2.24) is 9.47 Å². The van der Waals surface area contributed by atoms with Gasteiger partial charge in [-0.3, -0.25) is 4.79 Å². The van der Waals surface area contributed by atoms with E-state index in [4.69, 9.17) is 0 Å². The average Bonchev–Trinajstić information content (AvgIpc) is 2.88. The summed E-state index contributed by atoms with van der Waals surface area (Å²) in [5.74, 6) is 0.521. The lowest BCUT2D eigenvalue weighted by Crippen LogP contribution is -2.65. The molecule has 1 N–H and O–H groups in total. The van der Waals surface area contributed by atoms with Crippen LogP contribution in [0, 0.1) is 11.7 Å². The summed E-state index contributed by atoms with van der Waals surface area (Å²) in [6, 6.07) is 5.50. The summed E-state index contributed by atoms with van der Waals surface area (Å²) < 4.78 is 16.2. The molecule has 2 aliphatic carbocycles. The molecule has 2 saturated carbocycles. The number of carbonyl (C=O) groups excluding carboxylic acids is 1. The lowest BCUT2D eigenvalue weighted by atomic mass is 9.61. The third kappa shape index (κ3) is 2.40. The highest BCUT2D eigenvalue weighted by atomic mass is 19.1. The van der Waals surface area contributed by atoms with E-state index in [0.29, 0.717) is 24.1 Å². The van der Waals surface area contributed by atoms with Crippen LogP contribution in [0.5, 0.6) is 0 Å². The Labute approximate surface area is 152 Å². The molecule has 1 aromatic heterocycles. The lowest BCUT2D eigenvalue weighted by molar-refractivity contribution is -0.174. The first-order valence-corrected chi connectivity index (χ1v) is 9.69. The number of piperidine rings is 2. The fraction of sp³-hybridized carbons (Fsp3) is 0.571. The van der Waals surface area contributed by atoms with E-state index >= 15 is 0 Å². The largest absolute Gasteiger partial charge is 0.390 e. The fourth-order valence-corrected chi connectivity index (χ4v) is 6.05. The van der Waals surface area contributed by atoms with Gasteiger partial charge in [0.15, 0.2) is 0 Å². The number of fused-ring (bicyclic) bond motifs is 1. The first kappa shape index (κ1) is 16.3. The Kier molecular flexibility index (Phi) is 3.48. The first-order valence-electron chi connectivity index (χ1n) is 9.69. The quantitative estimate of drug-likeness (QED) is 0.918. The number of nitrogens with zero attached hydrogens (tertiary/aromatic N) is 2. The molecule has 2 aromatic rings. The Morgan fingerprint density at radius 1 is 1.27 bits per heavy atom. The molecule has 2 aliphatic heterocycles. The summed E-state index contributed by atoms with van der Waals surface area (Å²) in [4.78, 5) is 15.0. The van der Waals surface area contributed by atoms with E-state index in [-0.39, 0.29) is 23.8 Å². The van der Waals surface area contributed by atoms with Gasteiger partial charge in [-0.05, 0) is 62.1 Å². The number of hydrogen-bond acceptors (Lipinski definition) is 2. The Morgan fingerprint density at radius 3 is 2.69 bits per heavy atom. The van der Waals surface area contributed by atoms with Gasteiger partial charge in [0.1, 0.15) is 5.82 Å². The van der Waals surface area contributed by atoms with Crippen molar-refractivity contribution in [3.63, 3.8) is 0 Å². The topological polar surface area (TPSA) is 45.5 Å². The summed E-state index contributed by atoms with van der Waals surface area (Å²) in [7, 11) is 1.91. The highest BCUT2D eigenvalue weighted by Crippen LogP contribution is 2.51. The second-order valence-corrected chi connectivity index (χ2v) is 8.68. The number of aryl methyl sites for hydroxylation is 2. The number of aromatic nitrogens is 1. The van der Waals surface area contributed by atoms with Gasteiger partial charge < -0.3 is 14.6 Å².